The van der Waals surface area contributed by atoms with Gasteiger partial charge in [0.1, 0.15) is 0 Å². The van der Waals surface area contributed by atoms with Gasteiger partial charge in [0.15, 0.2) is 0 Å². The normalized spacial score (nSPS) is 14.3. The molecule has 0 aliphatic carbocycles. The SMILES string of the molecule is O=C(NCN1C=NCC1)c1ccccc1. The summed E-state index contributed by atoms with van der Waals surface area (Å²) in [4.78, 5) is 17.7. The van der Waals surface area contributed by atoms with E-state index in [9.17, 15) is 4.79 Å². The van der Waals surface area contributed by atoms with Gasteiger partial charge in [0, 0.05) is 12.1 Å². The van der Waals surface area contributed by atoms with Crippen LogP contribution in [0.5, 0.6) is 0 Å². The summed E-state index contributed by atoms with van der Waals surface area (Å²) >= 11 is 0. The van der Waals surface area contributed by atoms with Crippen molar-refractivity contribution in [3.05, 3.63) is 35.9 Å². The summed E-state index contributed by atoms with van der Waals surface area (Å²) in [6, 6.07) is 9.20. The Bertz CT molecular complexity index is 361. The topological polar surface area (TPSA) is 44.7 Å². The van der Waals surface area contributed by atoms with Crippen molar-refractivity contribution in [2.45, 2.75) is 0 Å². The van der Waals surface area contributed by atoms with E-state index in [-0.39, 0.29) is 5.91 Å². The summed E-state index contributed by atoms with van der Waals surface area (Å²) in [6.07, 6.45) is 1.77. The van der Waals surface area contributed by atoms with Crippen LogP contribution in [0.1, 0.15) is 10.4 Å². The number of carbonyl (C=O) groups is 1. The average molecular weight is 203 g/mol. The van der Waals surface area contributed by atoms with E-state index in [2.05, 4.69) is 10.3 Å². The molecule has 1 heterocycles. The summed E-state index contributed by atoms with van der Waals surface area (Å²) in [5.41, 5.74) is 0.689. The maximum absolute atomic E-state index is 11.6. The van der Waals surface area contributed by atoms with Crippen molar-refractivity contribution in [2.24, 2.45) is 4.99 Å². The third kappa shape index (κ3) is 2.56. The first-order chi connectivity index (χ1) is 7.36. The van der Waals surface area contributed by atoms with Gasteiger partial charge < -0.3 is 10.2 Å². The molecule has 1 N–H and O–H groups in total. The summed E-state index contributed by atoms with van der Waals surface area (Å²) in [5.74, 6) is -0.0455. The fourth-order valence-electron chi connectivity index (χ4n) is 1.40. The molecule has 0 atom stereocenters. The van der Waals surface area contributed by atoms with E-state index in [1.54, 1.807) is 18.5 Å². The maximum Gasteiger partial charge on any atom is 0.252 e. The van der Waals surface area contributed by atoms with E-state index in [1.165, 1.54) is 0 Å². The van der Waals surface area contributed by atoms with Gasteiger partial charge in [0.2, 0.25) is 0 Å². The van der Waals surface area contributed by atoms with E-state index >= 15 is 0 Å². The summed E-state index contributed by atoms with van der Waals surface area (Å²) in [7, 11) is 0. The lowest BCUT2D eigenvalue weighted by Crippen LogP contribution is -2.35. The Morgan fingerprint density at radius 1 is 1.40 bits per heavy atom. The smallest absolute Gasteiger partial charge is 0.252 e. The Morgan fingerprint density at radius 3 is 2.87 bits per heavy atom. The molecule has 4 heteroatoms. The average Bonchev–Trinajstić information content (AvgIpc) is 2.80. The van der Waals surface area contributed by atoms with Crippen LogP contribution in [0.3, 0.4) is 0 Å². The van der Waals surface area contributed by atoms with E-state index in [0.717, 1.165) is 13.1 Å². The van der Waals surface area contributed by atoms with Crippen molar-refractivity contribution in [2.75, 3.05) is 19.8 Å². The zero-order valence-corrected chi connectivity index (χ0v) is 8.39. The minimum absolute atomic E-state index is 0.0455. The van der Waals surface area contributed by atoms with Gasteiger partial charge in [-0.1, -0.05) is 18.2 Å². The van der Waals surface area contributed by atoms with Crippen LogP contribution >= 0.6 is 0 Å². The van der Waals surface area contributed by atoms with Crippen molar-refractivity contribution in [1.82, 2.24) is 10.2 Å². The minimum atomic E-state index is -0.0455. The van der Waals surface area contributed by atoms with Gasteiger partial charge >= 0.3 is 0 Å². The molecule has 1 aliphatic heterocycles. The molecule has 1 aliphatic rings. The van der Waals surface area contributed by atoms with Crippen molar-refractivity contribution in [1.29, 1.82) is 0 Å². The van der Waals surface area contributed by atoms with Crippen molar-refractivity contribution in [3.8, 4) is 0 Å². The molecule has 1 aromatic rings. The second-order valence-electron chi connectivity index (χ2n) is 3.36. The molecule has 0 radical (unpaired) electrons. The third-order valence-electron chi connectivity index (χ3n) is 2.24. The van der Waals surface area contributed by atoms with Gasteiger partial charge in [0.05, 0.1) is 19.6 Å². The molecule has 0 spiro atoms. The van der Waals surface area contributed by atoms with Crippen LogP contribution < -0.4 is 5.32 Å². The van der Waals surface area contributed by atoms with Crippen LogP contribution in [0, 0.1) is 0 Å². The van der Waals surface area contributed by atoms with E-state index in [4.69, 9.17) is 0 Å². The van der Waals surface area contributed by atoms with E-state index in [0.29, 0.717) is 12.2 Å². The van der Waals surface area contributed by atoms with Crippen LogP contribution in [-0.2, 0) is 0 Å². The second-order valence-corrected chi connectivity index (χ2v) is 3.36. The zero-order valence-electron chi connectivity index (χ0n) is 8.39. The number of rotatable bonds is 3. The number of hydrogen-bond acceptors (Lipinski definition) is 3. The predicted octanol–water partition coefficient (Wildman–Crippen LogP) is 0.718. The molecule has 0 aromatic heterocycles. The molecule has 0 bridgehead atoms. The molecule has 1 aromatic carbocycles. The molecular weight excluding hydrogens is 190 g/mol. The van der Waals surface area contributed by atoms with Crippen LogP contribution in [-0.4, -0.2) is 36.9 Å². The first-order valence-corrected chi connectivity index (χ1v) is 4.93. The highest BCUT2D eigenvalue weighted by Gasteiger charge is 2.07. The van der Waals surface area contributed by atoms with Gasteiger partial charge in [-0.15, -0.1) is 0 Å². The number of hydrogen-bond donors (Lipinski definition) is 1. The van der Waals surface area contributed by atoms with Crippen molar-refractivity contribution in [3.63, 3.8) is 0 Å². The molecule has 0 saturated heterocycles. The highest BCUT2D eigenvalue weighted by Crippen LogP contribution is 1.98. The molecule has 2 rings (SSSR count). The van der Waals surface area contributed by atoms with Crippen LogP contribution in [0.4, 0.5) is 0 Å². The van der Waals surface area contributed by atoms with Crippen LogP contribution in [0.25, 0.3) is 0 Å². The quantitative estimate of drug-likeness (QED) is 0.786. The number of aliphatic imine (C=N–C) groups is 1. The number of nitrogens with one attached hydrogen (secondary N) is 1. The molecule has 0 saturated carbocycles. The summed E-state index contributed by atoms with van der Waals surface area (Å²) < 4.78 is 0. The Labute approximate surface area is 88.6 Å². The first kappa shape index (κ1) is 9.71. The van der Waals surface area contributed by atoms with Crippen LogP contribution in [0.15, 0.2) is 35.3 Å². The van der Waals surface area contributed by atoms with Gasteiger partial charge in [-0.05, 0) is 12.1 Å². The molecular formula is C11H13N3O. The van der Waals surface area contributed by atoms with Gasteiger partial charge in [-0.25, -0.2) is 0 Å². The summed E-state index contributed by atoms with van der Waals surface area (Å²) in [6.45, 7) is 2.23. The Kier molecular flexibility index (Phi) is 2.97. The lowest BCUT2D eigenvalue weighted by atomic mass is 10.2. The standard InChI is InChI=1S/C11H13N3O/c15-11(10-4-2-1-3-5-10)13-9-14-7-6-12-8-14/h1-5,8H,6-7,9H2,(H,13,15). The molecule has 1 amide bonds. The Hall–Kier alpha value is -1.84. The lowest BCUT2D eigenvalue weighted by Gasteiger charge is -2.14. The first-order valence-electron chi connectivity index (χ1n) is 4.93. The zero-order chi connectivity index (χ0) is 10.5. The van der Waals surface area contributed by atoms with Crippen molar-refractivity contribution < 1.29 is 4.79 Å². The Morgan fingerprint density at radius 2 is 2.20 bits per heavy atom. The predicted molar refractivity (Wildman–Crippen MR) is 58.8 cm³/mol. The van der Waals surface area contributed by atoms with Gasteiger partial charge in [-0.2, -0.15) is 0 Å². The highest BCUT2D eigenvalue weighted by molar-refractivity contribution is 5.94. The maximum atomic E-state index is 11.6. The monoisotopic (exact) mass is 203 g/mol. The lowest BCUT2D eigenvalue weighted by molar-refractivity contribution is 0.0940. The Balaban J connectivity index is 1.85. The number of amides is 1. The molecule has 78 valence electrons. The van der Waals surface area contributed by atoms with E-state index < -0.39 is 0 Å². The van der Waals surface area contributed by atoms with Gasteiger partial charge in [0.25, 0.3) is 5.91 Å². The molecule has 0 fully saturated rings. The molecule has 4 nitrogen and oxygen atoms in total. The highest BCUT2D eigenvalue weighted by atomic mass is 16.1. The second kappa shape index (κ2) is 4.59. The summed E-state index contributed by atoms with van der Waals surface area (Å²) in [5, 5.41) is 2.84. The minimum Gasteiger partial charge on any atom is -0.343 e. The van der Waals surface area contributed by atoms with Crippen LogP contribution in [0.2, 0.25) is 0 Å². The largest absolute Gasteiger partial charge is 0.343 e. The van der Waals surface area contributed by atoms with Gasteiger partial charge in [-0.3, -0.25) is 9.79 Å². The molecule has 0 unspecified atom stereocenters. The number of benzene rings is 1. The van der Waals surface area contributed by atoms with Crippen molar-refractivity contribution >= 4 is 12.2 Å². The van der Waals surface area contributed by atoms with E-state index in [1.807, 2.05) is 23.1 Å². The number of nitrogens with zero attached hydrogens (tertiary/aromatic N) is 2. The third-order valence-corrected chi connectivity index (χ3v) is 2.24. The molecule has 15 heavy (non-hydrogen) atoms. The number of carbonyl (C=O) groups excluding carboxylic acids is 1. The fraction of sp³-hybridized carbons (Fsp3) is 0.273. The fourth-order valence-corrected chi connectivity index (χ4v) is 1.40.